The molecule has 0 bridgehead atoms. The molecule has 5 rings (SSSR count). The number of hydrogen-bond donors (Lipinski definition) is 5. The number of anilines is 3. The lowest BCUT2D eigenvalue weighted by Crippen LogP contribution is -2.24. The lowest BCUT2D eigenvalue weighted by atomic mass is 10.1. The lowest BCUT2D eigenvalue weighted by Gasteiger charge is -2.12. The van der Waals surface area contributed by atoms with E-state index in [0.29, 0.717) is 29.5 Å². The minimum Gasteiger partial charge on any atom is -0.486 e. The summed E-state index contributed by atoms with van der Waals surface area (Å²) in [6.07, 6.45) is 3.19. The van der Waals surface area contributed by atoms with Crippen molar-refractivity contribution >= 4 is 29.1 Å². The summed E-state index contributed by atoms with van der Waals surface area (Å²) in [5.74, 6) is 0.0890. The Bertz CT molecular complexity index is 1150. The maximum atomic E-state index is 12.0. The zero-order valence-corrected chi connectivity index (χ0v) is 19.3. The Hall–Kier alpha value is -4.54. The van der Waals surface area contributed by atoms with E-state index in [4.69, 9.17) is 31.2 Å². The average molecular weight is 499 g/mol. The zero-order valence-electron chi connectivity index (χ0n) is 19.3. The Morgan fingerprint density at radius 2 is 1.56 bits per heavy atom. The molecule has 1 aliphatic heterocycles. The highest BCUT2D eigenvalue weighted by Crippen LogP contribution is 2.45. The van der Waals surface area contributed by atoms with E-state index in [-0.39, 0.29) is 18.7 Å². The van der Waals surface area contributed by atoms with Gasteiger partial charge in [-0.15, -0.1) is 0 Å². The van der Waals surface area contributed by atoms with Crippen LogP contribution in [-0.2, 0) is 9.59 Å². The van der Waals surface area contributed by atoms with Crippen molar-refractivity contribution in [1.29, 1.82) is 0 Å². The molecule has 1 saturated carbocycles. The van der Waals surface area contributed by atoms with Crippen LogP contribution in [0.4, 0.5) is 21.6 Å². The first kappa shape index (κ1) is 26.1. The van der Waals surface area contributed by atoms with E-state index < -0.39 is 17.4 Å². The zero-order chi connectivity index (χ0) is 26.1. The number of carboxylic acid groups (broad SMARTS) is 2. The molecular weight excluding hydrogens is 471 g/mol. The number of rotatable bonds is 4. The van der Waals surface area contributed by atoms with Crippen LogP contribution in [0.5, 0.6) is 17.2 Å². The van der Waals surface area contributed by atoms with Crippen molar-refractivity contribution in [2.45, 2.75) is 19.3 Å². The molecule has 7 N–H and O–H groups in total. The molecule has 0 radical (unpaired) electrons. The van der Waals surface area contributed by atoms with Crippen molar-refractivity contribution in [3.8, 4) is 17.2 Å². The summed E-state index contributed by atoms with van der Waals surface area (Å²) in [5, 5.41) is 19.8. The first-order valence-corrected chi connectivity index (χ1v) is 11.1. The summed E-state index contributed by atoms with van der Waals surface area (Å²) >= 11 is 0. The van der Waals surface area contributed by atoms with Crippen molar-refractivity contribution in [3.63, 3.8) is 0 Å². The van der Waals surface area contributed by atoms with Gasteiger partial charge in [-0.2, -0.15) is 0 Å². The number of nitrogens with two attached hydrogens (primary N) is 2. The van der Waals surface area contributed by atoms with Gasteiger partial charge in [-0.1, -0.05) is 0 Å². The van der Waals surface area contributed by atoms with E-state index in [2.05, 4.69) is 10.3 Å². The first-order chi connectivity index (χ1) is 17.2. The van der Waals surface area contributed by atoms with Crippen LogP contribution in [0, 0.1) is 11.2 Å². The number of benzene rings is 2. The number of fused-ring (bicyclic) bond motifs is 1. The second-order valence-corrected chi connectivity index (χ2v) is 8.03. The standard InChI is InChI=1S/C14H15N3O2.C6H6FN.C5H6O4/c15-10-2-4-11(5-3-10)19-12-6-8-17-14-13(12)18-9-1-7-16-14;7-5-1-3-6(8)4-2-5;6-3(7)5(1-2-5)4(8)9/h2-6,8H,1,7,9,15H2,(H,16,17);1-4H,8H2;1-2H2,(H,6,7)(H,8,9). The van der Waals surface area contributed by atoms with E-state index in [0.717, 1.165) is 24.5 Å². The number of nitrogen functional groups attached to an aromatic ring is 2. The maximum Gasteiger partial charge on any atom is 0.321 e. The largest absolute Gasteiger partial charge is 0.486 e. The number of carbonyl (C=O) groups is 2. The van der Waals surface area contributed by atoms with Gasteiger partial charge < -0.3 is 36.5 Å². The fourth-order valence-corrected chi connectivity index (χ4v) is 3.00. The summed E-state index contributed by atoms with van der Waals surface area (Å²) in [4.78, 5) is 24.5. The van der Waals surface area contributed by atoms with Crippen molar-refractivity contribution in [1.82, 2.24) is 4.98 Å². The van der Waals surface area contributed by atoms with Gasteiger partial charge in [0.1, 0.15) is 11.6 Å². The summed E-state index contributed by atoms with van der Waals surface area (Å²) in [5.41, 5.74) is 10.8. The Kier molecular flexibility index (Phi) is 8.50. The maximum absolute atomic E-state index is 12.0. The third kappa shape index (κ3) is 6.98. The molecule has 1 fully saturated rings. The van der Waals surface area contributed by atoms with Gasteiger partial charge in [-0.05, 0) is 67.8 Å². The van der Waals surface area contributed by atoms with E-state index in [1.54, 1.807) is 24.4 Å². The number of ether oxygens (including phenoxy) is 2. The van der Waals surface area contributed by atoms with Crippen molar-refractivity contribution in [2.24, 2.45) is 5.41 Å². The SMILES string of the molecule is Nc1ccc(F)cc1.Nc1ccc(Oc2ccnc3c2OCCCN3)cc1.O=C(O)C1(C(=O)O)CC1. The number of aromatic nitrogens is 1. The second-order valence-electron chi connectivity index (χ2n) is 8.03. The van der Waals surface area contributed by atoms with Gasteiger partial charge in [-0.25, -0.2) is 9.37 Å². The Balaban J connectivity index is 0.000000176. The molecule has 11 heteroatoms. The third-order valence-electron chi connectivity index (χ3n) is 5.28. The summed E-state index contributed by atoms with van der Waals surface area (Å²) in [7, 11) is 0. The van der Waals surface area contributed by atoms with Crippen LogP contribution in [0.1, 0.15) is 19.3 Å². The van der Waals surface area contributed by atoms with Crippen LogP contribution < -0.4 is 26.3 Å². The molecule has 10 nitrogen and oxygen atoms in total. The van der Waals surface area contributed by atoms with Gasteiger partial charge in [-0.3, -0.25) is 9.59 Å². The Morgan fingerprint density at radius 3 is 2.06 bits per heavy atom. The molecule has 2 aromatic carbocycles. The van der Waals surface area contributed by atoms with Crippen LogP contribution in [0.25, 0.3) is 0 Å². The molecule has 1 aliphatic carbocycles. The number of carboxylic acids is 2. The van der Waals surface area contributed by atoms with E-state index in [1.807, 2.05) is 12.1 Å². The molecule has 2 aliphatic rings. The molecule has 0 spiro atoms. The van der Waals surface area contributed by atoms with Crippen molar-refractivity contribution < 1.29 is 33.7 Å². The highest BCUT2D eigenvalue weighted by atomic mass is 19.1. The van der Waals surface area contributed by atoms with Gasteiger partial charge in [0.05, 0.1) is 6.61 Å². The van der Waals surface area contributed by atoms with Gasteiger partial charge in [0.25, 0.3) is 0 Å². The fraction of sp³-hybridized carbons (Fsp3) is 0.240. The molecule has 2 heterocycles. The van der Waals surface area contributed by atoms with E-state index in [9.17, 15) is 14.0 Å². The first-order valence-electron chi connectivity index (χ1n) is 11.1. The molecule has 1 aromatic heterocycles. The summed E-state index contributed by atoms with van der Waals surface area (Å²) < 4.78 is 23.6. The Morgan fingerprint density at radius 1 is 0.972 bits per heavy atom. The number of aliphatic carboxylic acids is 2. The third-order valence-corrected chi connectivity index (χ3v) is 5.28. The van der Waals surface area contributed by atoms with Gasteiger partial charge in [0.15, 0.2) is 17.0 Å². The van der Waals surface area contributed by atoms with Crippen LogP contribution >= 0.6 is 0 Å². The van der Waals surface area contributed by atoms with Gasteiger partial charge in [0, 0.05) is 30.2 Å². The summed E-state index contributed by atoms with van der Waals surface area (Å²) in [6, 6.07) is 14.7. The number of halogens is 1. The minimum absolute atomic E-state index is 0.251. The molecule has 3 aromatic rings. The molecule has 190 valence electrons. The number of hydrogen-bond acceptors (Lipinski definition) is 8. The topological polar surface area (TPSA) is 170 Å². The smallest absolute Gasteiger partial charge is 0.321 e. The predicted octanol–water partition coefficient (Wildman–Crippen LogP) is 3.99. The highest BCUT2D eigenvalue weighted by molar-refractivity contribution is 6.01. The normalized spacial score (nSPS) is 14.5. The Labute approximate surface area is 206 Å². The molecule has 0 amide bonds. The fourth-order valence-electron chi connectivity index (χ4n) is 3.00. The predicted molar refractivity (Wildman–Crippen MR) is 132 cm³/mol. The average Bonchev–Trinajstić information content (AvgIpc) is 3.69. The molecule has 0 atom stereocenters. The van der Waals surface area contributed by atoms with E-state index in [1.165, 1.54) is 24.3 Å². The monoisotopic (exact) mass is 498 g/mol. The number of nitrogens with one attached hydrogen (secondary N) is 1. The van der Waals surface area contributed by atoms with Gasteiger partial charge in [0.2, 0.25) is 5.75 Å². The van der Waals surface area contributed by atoms with Crippen LogP contribution in [0.15, 0.2) is 60.8 Å². The highest BCUT2D eigenvalue weighted by Gasteiger charge is 2.57. The minimum atomic E-state index is -1.42. The van der Waals surface area contributed by atoms with Crippen molar-refractivity contribution in [2.75, 3.05) is 29.9 Å². The van der Waals surface area contributed by atoms with Crippen molar-refractivity contribution in [3.05, 3.63) is 66.6 Å². The van der Waals surface area contributed by atoms with Crippen LogP contribution in [0.2, 0.25) is 0 Å². The van der Waals surface area contributed by atoms with Crippen LogP contribution in [0.3, 0.4) is 0 Å². The molecule has 0 saturated heterocycles. The van der Waals surface area contributed by atoms with E-state index >= 15 is 0 Å². The quantitative estimate of drug-likeness (QED) is 0.262. The summed E-state index contributed by atoms with van der Waals surface area (Å²) in [6.45, 7) is 1.51. The second kappa shape index (κ2) is 11.7. The van der Waals surface area contributed by atoms with Gasteiger partial charge >= 0.3 is 11.9 Å². The molecular formula is C25H27FN4O6. The van der Waals surface area contributed by atoms with Crippen LogP contribution in [-0.4, -0.2) is 40.3 Å². The molecule has 0 unspecified atom stereocenters. The number of pyridine rings is 1. The molecule has 36 heavy (non-hydrogen) atoms. The lowest BCUT2D eigenvalue weighted by molar-refractivity contribution is -0.156. The number of nitrogens with zero attached hydrogens (tertiary/aromatic N) is 1.